The minimum atomic E-state index is -0.494. The molecule has 0 saturated heterocycles. The summed E-state index contributed by atoms with van der Waals surface area (Å²) in [6.45, 7) is 2.28. The number of carbonyl (C=O) groups excluding carboxylic acids is 2. The molecule has 0 spiro atoms. The number of hydrogen-bond donors (Lipinski definition) is 2. The van der Waals surface area contributed by atoms with E-state index >= 15 is 0 Å². The number of nitrogen functional groups attached to an aromatic ring is 2. The second-order valence-corrected chi connectivity index (χ2v) is 7.81. The van der Waals surface area contributed by atoms with Crippen LogP contribution < -0.4 is 11.5 Å². The Labute approximate surface area is 176 Å². The lowest BCUT2D eigenvalue weighted by Crippen LogP contribution is -2.23. The summed E-state index contributed by atoms with van der Waals surface area (Å²) in [4.78, 5) is 24.3. The van der Waals surface area contributed by atoms with Crippen molar-refractivity contribution in [1.29, 1.82) is 0 Å². The molecule has 158 valence electrons. The molecule has 3 rings (SSSR count). The highest BCUT2D eigenvalue weighted by Crippen LogP contribution is 2.26. The van der Waals surface area contributed by atoms with Gasteiger partial charge in [-0.1, -0.05) is 19.1 Å². The van der Waals surface area contributed by atoms with E-state index in [1.807, 2.05) is 0 Å². The zero-order valence-corrected chi connectivity index (χ0v) is 17.2. The summed E-state index contributed by atoms with van der Waals surface area (Å²) in [5.74, 6) is -0.0862. The van der Waals surface area contributed by atoms with E-state index in [-0.39, 0.29) is 18.7 Å². The Bertz CT molecular complexity index is 913. The van der Waals surface area contributed by atoms with Crippen molar-refractivity contribution in [2.45, 2.75) is 45.3 Å². The zero-order valence-electron chi connectivity index (χ0n) is 17.2. The molecule has 1 saturated carbocycles. The van der Waals surface area contributed by atoms with E-state index in [1.165, 1.54) is 6.08 Å². The molecule has 0 heterocycles. The van der Waals surface area contributed by atoms with Crippen molar-refractivity contribution in [3.63, 3.8) is 0 Å². The fraction of sp³-hybridized carbons (Fsp3) is 0.333. The van der Waals surface area contributed by atoms with Gasteiger partial charge in [-0.05, 0) is 73.6 Å². The van der Waals surface area contributed by atoms with Crippen LogP contribution in [0.3, 0.4) is 0 Å². The molecular weight excluding hydrogens is 380 g/mol. The highest BCUT2D eigenvalue weighted by atomic mass is 16.5. The topological polar surface area (TPSA) is 105 Å². The summed E-state index contributed by atoms with van der Waals surface area (Å²) in [5.41, 5.74) is 14.6. The van der Waals surface area contributed by atoms with Crippen molar-refractivity contribution >= 4 is 29.4 Å². The van der Waals surface area contributed by atoms with E-state index in [0.717, 1.165) is 31.2 Å². The highest BCUT2D eigenvalue weighted by Gasteiger charge is 2.22. The molecule has 0 aliphatic heterocycles. The number of carbonyl (C=O) groups is 2. The number of benzene rings is 2. The Morgan fingerprint density at radius 1 is 1.03 bits per heavy atom. The maximum atomic E-state index is 12.3. The number of hydrogen-bond acceptors (Lipinski definition) is 6. The van der Waals surface area contributed by atoms with Crippen molar-refractivity contribution in [2.24, 2.45) is 5.92 Å². The second-order valence-electron chi connectivity index (χ2n) is 7.81. The molecule has 6 nitrogen and oxygen atoms in total. The minimum absolute atomic E-state index is 0.0112. The van der Waals surface area contributed by atoms with Crippen molar-refractivity contribution in [3.05, 3.63) is 65.2 Å². The van der Waals surface area contributed by atoms with Crippen molar-refractivity contribution in [3.8, 4) is 0 Å². The van der Waals surface area contributed by atoms with Crippen LogP contribution >= 0.6 is 0 Å². The van der Waals surface area contributed by atoms with Crippen LogP contribution in [0.2, 0.25) is 0 Å². The second kappa shape index (κ2) is 9.96. The molecule has 0 bridgehead atoms. The molecule has 1 fully saturated rings. The van der Waals surface area contributed by atoms with E-state index in [9.17, 15) is 9.59 Å². The molecule has 2 aromatic carbocycles. The van der Waals surface area contributed by atoms with Crippen LogP contribution in [0.25, 0.3) is 6.08 Å². The molecule has 30 heavy (non-hydrogen) atoms. The Morgan fingerprint density at radius 3 is 2.43 bits per heavy atom. The van der Waals surface area contributed by atoms with Gasteiger partial charge in [0.15, 0.2) is 0 Å². The molecule has 0 aromatic heterocycles. The predicted octanol–water partition coefficient (Wildman–Crippen LogP) is 4.34. The standard InChI is InChI=1S/C24H28N2O4/c1-16-2-10-21(11-3-16)30-24(28)18-7-4-17(5-8-18)6-13-23(27)29-15-19-14-20(25)9-12-22(19)26/h4-9,12-14,16,21H,2-3,10-11,15,25-26H2,1H3. The number of anilines is 2. The number of ether oxygens (including phenoxy) is 2. The van der Waals surface area contributed by atoms with Gasteiger partial charge in [-0.2, -0.15) is 0 Å². The summed E-state index contributed by atoms with van der Waals surface area (Å²) >= 11 is 0. The largest absolute Gasteiger partial charge is 0.459 e. The molecule has 6 heteroatoms. The van der Waals surface area contributed by atoms with Gasteiger partial charge in [0.1, 0.15) is 12.7 Å². The zero-order chi connectivity index (χ0) is 21.5. The van der Waals surface area contributed by atoms with Gasteiger partial charge in [0.05, 0.1) is 5.56 Å². The van der Waals surface area contributed by atoms with E-state index in [0.29, 0.717) is 28.4 Å². The molecule has 0 radical (unpaired) electrons. The third-order valence-electron chi connectivity index (χ3n) is 5.33. The van der Waals surface area contributed by atoms with Crippen LogP contribution in [0.1, 0.15) is 54.1 Å². The van der Waals surface area contributed by atoms with Gasteiger partial charge in [0.25, 0.3) is 0 Å². The third kappa shape index (κ3) is 6.11. The van der Waals surface area contributed by atoms with Crippen LogP contribution in [0.5, 0.6) is 0 Å². The molecule has 4 N–H and O–H groups in total. The Hall–Kier alpha value is -3.28. The molecule has 1 aliphatic carbocycles. The van der Waals surface area contributed by atoms with Crippen molar-refractivity contribution < 1.29 is 19.1 Å². The van der Waals surface area contributed by atoms with Gasteiger partial charge in [-0.3, -0.25) is 0 Å². The highest BCUT2D eigenvalue weighted by molar-refractivity contribution is 5.90. The van der Waals surface area contributed by atoms with Gasteiger partial charge in [0.2, 0.25) is 0 Å². The van der Waals surface area contributed by atoms with Crippen molar-refractivity contribution in [1.82, 2.24) is 0 Å². The van der Waals surface area contributed by atoms with Gasteiger partial charge in [0, 0.05) is 23.0 Å². The van der Waals surface area contributed by atoms with Gasteiger partial charge in [-0.15, -0.1) is 0 Å². The average molecular weight is 408 g/mol. The smallest absolute Gasteiger partial charge is 0.338 e. The van der Waals surface area contributed by atoms with Crippen molar-refractivity contribution in [2.75, 3.05) is 11.5 Å². The quantitative estimate of drug-likeness (QED) is 0.418. The first-order valence-corrected chi connectivity index (χ1v) is 10.2. The lowest BCUT2D eigenvalue weighted by molar-refractivity contribution is -0.138. The molecule has 1 aliphatic rings. The fourth-order valence-electron chi connectivity index (χ4n) is 3.41. The molecular formula is C24H28N2O4. The van der Waals surface area contributed by atoms with Crippen LogP contribution in [0.4, 0.5) is 11.4 Å². The summed E-state index contributed by atoms with van der Waals surface area (Å²) in [5, 5.41) is 0. The molecule has 2 aromatic rings. The fourth-order valence-corrected chi connectivity index (χ4v) is 3.41. The minimum Gasteiger partial charge on any atom is -0.459 e. The normalized spacial score (nSPS) is 18.8. The van der Waals surface area contributed by atoms with Crippen LogP contribution in [-0.4, -0.2) is 18.0 Å². The van der Waals surface area contributed by atoms with Crippen LogP contribution in [0.15, 0.2) is 48.5 Å². The summed E-state index contributed by atoms with van der Waals surface area (Å²) in [6.07, 6.45) is 7.02. The summed E-state index contributed by atoms with van der Waals surface area (Å²) in [6, 6.07) is 12.0. The number of rotatable bonds is 6. The lowest BCUT2D eigenvalue weighted by atomic mass is 9.89. The first-order valence-electron chi connectivity index (χ1n) is 10.2. The third-order valence-corrected chi connectivity index (χ3v) is 5.33. The first-order chi connectivity index (χ1) is 14.4. The predicted molar refractivity (Wildman–Crippen MR) is 117 cm³/mol. The lowest BCUT2D eigenvalue weighted by Gasteiger charge is -2.25. The number of esters is 2. The Morgan fingerprint density at radius 2 is 1.73 bits per heavy atom. The maximum Gasteiger partial charge on any atom is 0.338 e. The van der Waals surface area contributed by atoms with E-state index in [4.69, 9.17) is 20.9 Å². The first kappa shape index (κ1) is 21.4. The molecule has 0 amide bonds. The summed E-state index contributed by atoms with van der Waals surface area (Å²) < 4.78 is 10.8. The molecule has 0 unspecified atom stereocenters. The van der Waals surface area contributed by atoms with E-state index < -0.39 is 5.97 Å². The van der Waals surface area contributed by atoms with E-state index in [1.54, 1.807) is 48.5 Å². The summed E-state index contributed by atoms with van der Waals surface area (Å²) in [7, 11) is 0. The van der Waals surface area contributed by atoms with Gasteiger partial charge in [-0.25, -0.2) is 9.59 Å². The van der Waals surface area contributed by atoms with Gasteiger partial charge >= 0.3 is 11.9 Å². The average Bonchev–Trinajstić information content (AvgIpc) is 2.75. The SMILES string of the molecule is CC1CCC(OC(=O)c2ccc(C=CC(=O)OCc3cc(N)ccc3N)cc2)CC1. The monoisotopic (exact) mass is 408 g/mol. The van der Waals surface area contributed by atoms with Gasteiger partial charge < -0.3 is 20.9 Å². The Kier molecular flexibility index (Phi) is 7.12. The van der Waals surface area contributed by atoms with E-state index in [2.05, 4.69) is 6.92 Å². The van der Waals surface area contributed by atoms with Crippen LogP contribution in [-0.2, 0) is 20.9 Å². The maximum absolute atomic E-state index is 12.3. The molecule has 0 atom stereocenters. The Balaban J connectivity index is 1.49. The van der Waals surface area contributed by atoms with Crippen LogP contribution in [0, 0.1) is 5.92 Å². The number of nitrogens with two attached hydrogens (primary N) is 2.